The fourth-order valence-corrected chi connectivity index (χ4v) is 4.30. The minimum absolute atomic E-state index is 0.485. The zero-order valence-electron chi connectivity index (χ0n) is 17.3. The van der Waals surface area contributed by atoms with E-state index in [1.807, 2.05) is 18.5 Å². The van der Waals surface area contributed by atoms with E-state index in [1.165, 1.54) is 36.9 Å². The molecule has 2 saturated heterocycles. The minimum Gasteiger partial charge on any atom is -0.490 e. The van der Waals surface area contributed by atoms with E-state index in [2.05, 4.69) is 45.5 Å². The number of benzene rings is 1. The third-order valence-corrected chi connectivity index (χ3v) is 5.98. The maximum absolute atomic E-state index is 5.98. The number of hydrogen-bond donors (Lipinski definition) is 1. The monoisotopic (exact) mass is 395 g/mol. The van der Waals surface area contributed by atoms with Crippen LogP contribution in [0.3, 0.4) is 0 Å². The van der Waals surface area contributed by atoms with Gasteiger partial charge in [0, 0.05) is 31.8 Å². The second-order valence-electron chi connectivity index (χ2n) is 8.26. The molecular formula is C24H33N3O2. The van der Waals surface area contributed by atoms with Gasteiger partial charge in [0.1, 0.15) is 12.4 Å². The summed E-state index contributed by atoms with van der Waals surface area (Å²) in [6.45, 7) is 5.60. The first-order chi connectivity index (χ1) is 14.4. The van der Waals surface area contributed by atoms with Gasteiger partial charge in [0.25, 0.3) is 0 Å². The van der Waals surface area contributed by atoms with Crippen LogP contribution in [-0.4, -0.2) is 43.9 Å². The fourth-order valence-electron chi connectivity index (χ4n) is 4.30. The number of aromatic nitrogens is 1. The summed E-state index contributed by atoms with van der Waals surface area (Å²) in [4.78, 5) is 6.86. The van der Waals surface area contributed by atoms with Crippen molar-refractivity contribution in [2.45, 2.75) is 44.8 Å². The van der Waals surface area contributed by atoms with Crippen LogP contribution in [0.2, 0.25) is 0 Å². The smallest absolute Gasteiger partial charge is 0.139 e. The number of rotatable bonds is 10. The molecule has 29 heavy (non-hydrogen) atoms. The third kappa shape index (κ3) is 6.18. The van der Waals surface area contributed by atoms with E-state index in [0.29, 0.717) is 12.6 Å². The number of nitrogens with one attached hydrogen (secondary N) is 1. The highest BCUT2D eigenvalue weighted by atomic mass is 16.5. The summed E-state index contributed by atoms with van der Waals surface area (Å²) in [7, 11) is 0. The molecule has 2 aliphatic rings. The molecule has 2 aliphatic heterocycles. The van der Waals surface area contributed by atoms with Crippen molar-refractivity contribution in [1.82, 2.24) is 10.3 Å². The Labute approximate surface area is 174 Å². The van der Waals surface area contributed by atoms with E-state index < -0.39 is 0 Å². The maximum atomic E-state index is 5.98. The molecular weight excluding hydrogens is 362 g/mol. The first-order valence-electron chi connectivity index (χ1n) is 11.0. The molecule has 1 aromatic heterocycles. The molecule has 4 rings (SSSR count). The van der Waals surface area contributed by atoms with Crippen molar-refractivity contribution < 1.29 is 9.47 Å². The van der Waals surface area contributed by atoms with Gasteiger partial charge in [-0.1, -0.05) is 30.3 Å². The van der Waals surface area contributed by atoms with Gasteiger partial charge >= 0.3 is 0 Å². The Balaban J connectivity index is 1.16. The van der Waals surface area contributed by atoms with Gasteiger partial charge in [-0.15, -0.1) is 0 Å². The van der Waals surface area contributed by atoms with Gasteiger partial charge in [0.15, 0.2) is 0 Å². The highest BCUT2D eigenvalue weighted by Crippen LogP contribution is 2.28. The number of hydrogen-bond acceptors (Lipinski definition) is 5. The molecule has 5 heteroatoms. The average molecular weight is 396 g/mol. The second-order valence-corrected chi connectivity index (χ2v) is 8.26. The predicted molar refractivity (Wildman–Crippen MR) is 116 cm³/mol. The number of pyridine rings is 1. The average Bonchev–Trinajstić information content (AvgIpc) is 3.45. The Morgan fingerprint density at radius 2 is 2.07 bits per heavy atom. The van der Waals surface area contributed by atoms with E-state index in [9.17, 15) is 0 Å². The normalized spacial score (nSPS) is 21.6. The summed E-state index contributed by atoms with van der Waals surface area (Å²) in [5.74, 6) is 1.62. The van der Waals surface area contributed by atoms with Crippen molar-refractivity contribution in [3.63, 3.8) is 0 Å². The lowest BCUT2D eigenvalue weighted by atomic mass is 10.0. The molecule has 0 saturated carbocycles. The van der Waals surface area contributed by atoms with Crippen LogP contribution in [0.15, 0.2) is 48.8 Å². The van der Waals surface area contributed by atoms with Crippen LogP contribution in [0.25, 0.3) is 0 Å². The quantitative estimate of drug-likeness (QED) is 0.615. The highest BCUT2D eigenvalue weighted by Gasteiger charge is 2.23. The van der Waals surface area contributed by atoms with Crippen LogP contribution in [0, 0.1) is 5.92 Å². The zero-order chi connectivity index (χ0) is 19.7. The SMILES string of the molecule is c1ccc(COCCCC2CCN(c3cncc(OC[C@@H]4CCCN4)c3)C2)cc1. The van der Waals surface area contributed by atoms with Crippen molar-refractivity contribution in [1.29, 1.82) is 0 Å². The van der Waals surface area contributed by atoms with Crippen molar-refractivity contribution in [3.8, 4) is 5.75 Å². The molecule has 1 unspecified atom stereocenters. The van der Waals surface area contributed by atoms with Crippen molar-refractivity contribution in [2.75, 3.05) is 37.7 Å². The second kappa shape index (κ2) is 10.6. The lowest BCUT2D eigenvalue weighted by Gasteiger charge is -2.19. The van der Waals surface area contributed by atoms with E-state index in [4.69, 9.17) is 9.47 Å². The molecule has 0 aliphatic carbocycles. The van der Waals surface area contributed by atoms with E-state index in [1.54, 1.807) is 0 Å². The first-order valence-corrected chi connectivity index (χ1v) is 11.0. The van der Waals surface area contributed by atoms with E-state index >= 15 is 0 Å². The molecule has 0 amide bonds. The molecule has 1 N–H and O–H groups in total. The summed E-state index contributed by atoms with van der Waals surface area (Å²) in [5, 5.41) is 3.47. The van der Waals surface area contributed by atoms with Crippen LogP contribution >= 0.6 is 0 Å². The Kier molecular flexibility index (Phi) is 7.38. The summed E-state index contributed by atoms with van der Waals surface area (Å²) in [6.07, 6.45) is 9.84. The van der Waals surface area contributed by atoms with E-state index in [-0.39, 0.29) is 0 Å². The highest BCUT2D eigenvalue weighted by molar-refractivity contribution is 5.49. The minimum atomic E-state index is 0.485. The molecule has 0 spiro atoms. The Morgan fingerprint density at radius 3 is 2.93 bits per heavy atom. The van der Waals surface area contributed by atoms with Crippen LogP contribution in [-0.2, 0) is 11.3 Å². The molecule has 2 fully saturated rings. The summed E-state index contributed by atoms with van der Waals surface area (Å²) < 4.78 is 11.8. The van der Waals surface area contributed by atoms with Gasteiger partial charge in [-0.3, -0.25) is 4.98 Å². The van der Waals surface area contributed by atoms with E-state index in [0.717, 1.165) is 50.9 Å². The third-order valence-electron chi connectivity index (χ3n) is 5.98. The van der Waals surface area contributed by atoms with Crippen LogP contribution < -0.4 is 15.0 Å². The van der Waals surface area contributed by atoms with Gasteiger partial charge in [-0.25, -0.2) is 0 Å². The molecule has 0 bridgehead atoms. The molecule has 5 nitrogen and oxygen atoms in total. The van der Waals surface area contributed by atoms with Gasteiger partial charge in [-0.05, 0) is 50.1 Å². The predicted octanol–water partition coefficient (Wildman–Crippen LogP) is 4.04. The van der Waals surface area contributed by atoms with Crippen LogP contribution in [0.5, 0.6) is 5.75 Å². The lowest BCUT2D eigenvalue weighted by molar-refractivity contribution is 0.114. The topological polar surface area (TPSA) is 46.6 Å². The largest absolute Gasteiger partial charge is 0.490 e. The lowest BCUT2D eigenvalue weighted by Crippen LogP contribution is -2.28. The van der Waals surface area contributed by atoms with Crippen LogP contribution in [0.4, 0.5) is 5.69 Å². The van der Waals surface area contributed by atoms with Gasteiger partial charge in [-0.2, -0.15) is 0 Å². The molecule has 2 aromatic rings. The molecule has 2 atom stereocenters. The first kappa shape index (κ1) is 20.2. The van der Waals surface area contributed by atoms with Gasteiger partial charge in [0.2, 0.25) is 0 Å². The fraction of sp³-hybridized carbons (Fsp3) is 0.542. The summed E-state index contributed by atoms with van der Waals surface area (Å²) in [6, 6.07) is 13.0. The Morgan fingerprint density at radius 1 is 1.14 bits per heavy atom. The van der Waals surface area contributed by atoms with Crippen molar-refractivity contribution in [2.24, 2.45) is 5.92 Å². The van der Waals surface area contributed by atoms with Gasteiger partial charge in [0.05, 0.1) is 24.7 Å². The molecule has 3 heterocycles. The van der Waals surface area contributed by atoms with Gasteiger partial charge < -0.3 is 19.7 Å². The van der Waals surface area contributed by atoms with Crippen LogP contribution in [0.1, 0.15) is 37.7 Å². The van der Waals surface area contributed by atoms with Crippen molar-refractivity contribution >= 4 is 5.69 Å². The number of nitrogens with zero attached hydrogens (tertiary/aromatic N) is 2. The number of anilines is 1. The summed E-state index contributed by atoms with van der Waals surface area (Å²) >= 11 is 0. The zero-order valence-corrected chi connectivity index (χ0v) is 17.3. The Hall–Kier alpha value is -2.11. The summed E-state index contributed by atoms with van der Waals surface area (Å²) in [5.41, 5.74) is 2.43. The molecule has 156 valence electrons. The standard InChI is InChI=1S/C24H33N3O2/c1-2-6-21(7-3-1)18-28-13-5-8-20-10-12-27(17-20)23-14-24(16-25-15-23)29-19-22-9-4-11-26-22/h1-3,6-7,14-16,20,22,26H,4-5,8-13,17-19H2/t20?,22-/m0/s1. The number of ether oxygens (including phenoxy) is 2. The Bertz CT molecular complexity index is 734. The maximum Gasteiger partial charge on any atom is 0.139 e. The van der Waals surface area contributed by atoms with Crippen molar-refractivity contribution in [3.05, 3.63) is 54.4 Å². The molecule has 1 aromatic carbocycles. The molecule has 0 radical (unpaired) electrons.